The van der Waals surface area contributed by atoms with Gasteiger partial charge in [-0.2, -0.15) is 8.78 Å². The average Bonchev–Trinajstić information content (AvgIpc) is 3.13. The number of amides is 1. The Morgan fingerprint density at radius 2 is 2.15 bits per heavy atom. The minimum atomic E-state index is -2.90. The van der Waals surface area contributed by atoms with Crippen LogP contribution in [0.5, 0.6) is 11.5 Å². The molecular weight excluding hydrogens is 268 g/mol. The van der Waals surface area contributed by atoms with Gasteiger partial charge in [0.25, 0.3) is 0 Å². The van der Waals surface area contributed by atoms with Crippen molar-refractivity contribution in [2.75, 3.05) is 7.11 Å². The summed E-state index contributed by atoms with van der Waals surface area (Å²) in [5.41, 5.74) is 0.769. The lowest BCUT2D eigenvalue weighted by atomic mass is 10.2. The summed E-state index contributed by atoms with van der Waals surface area (Å²) in [5.74, 6) is 0.791. The SMILES string of the molecule is COc1cc(CNC(=O)[C@H]2C[C@H]2C)ccc1OC(F)F. The molecule has 0 spiro atoms. The Balaban J connectivity index is 1.96. The number of halogens is 2. The Morgan fingerprint density at radius 1 is 1.45 bits per heavy atom. The zero-order valence-electron chi connectivity index (χ0n) is 11.4. The number of hydrogen-bond acceptors (Lipinski definition) is 3. The smallest absolute Gasteiger partial charge is 0.387 e. The second-order valence-corrected chi connectivity index (χ2v) is 4.90. The summed E-state index contributed by atoms with van der Waals surface area (Å²) in [6, 6.07) is 4.61. The van der Waals surface area contributed by atoms with Crippen molar-refractivity contribution in [2.24, 2.45) is 11.8 Å². The third-order valence-corrected chi connectivity index (χ3v) is 3.36. The van der Waals surface area contributed by atoms with Gasteiger partial charge in [0.15, 0.2) is 11.5 Å². The van der Waals surface area contributed by atoms with E-state index >= 15 is 0 Å². The van der Waals surface area contributed by atoms with Gasteiger partial charge in [0, 0.05) is 12.5 Å². The largest absolute Gasteiger partial charge is 0.493 e. The fourth-order valence-corrected chi connectivity index (χ4v) is 2.02. The molecule has 1 aliphatic rings. The number of carbonyl (C=O) groups is 1. The lowest BCUT2D eigenvalue weighted by Gasteiger charge is -2.12. The molecule has 0 bridgehead atoms. The van der Waals surface area contributed by atoms with E-state index in [1.54, 1.807) is 12.1 Å². The molecule has 0 saturated heterocycles. The van der Waals surface area contributed by atoms with Crippen LogP contribution in [0.4, 0.5) is 8.78 Å². The van der Waals surface area contributed by atoms with Crippen LogP contribution in [0.3, 0.4) is 0 Å². The van der Waals surface area contributed by atoms with Gasteiger partial charge in [0.2, 0.25) is 5.91 Å². The number of carbonyl (C=O) groups excluding carboxylic acids is 1. The molecule has 4 nitrogen and oxygen atoms in total. The van der Waals surface area contributed by atoms with Crippen LogP contribution in [0.1, 0.15) is 18.9 Å². The fraction of sp³-hybridized carbons (Fsp3) is 0.500. The van der Waals surface area contributed by atoms with Crippen molar-refractivity contribution in [3.05, 3.63) is 23.8 Å². The zero-order chi connectivity index (χ0) is 14.7. The van der Waals surface area contributed by atoms with Gasteiger partial charge in [-0.1, -0.05) is 13.0 Å². The molecular formula is C14H17F2NO3. The summed E-state index contributed by atoms with van der Waals surface area (Å²) < 4.78 is 33.7. The summed E-state index contributed by atoms with van der Waals surface area (Å²) in [6.07, 6.45) is 0.927. The molecule has 1 saturated carbocycles. The van der Waals surface area contributed by atoms with Gasteiger partial charge < -0.3 is 14.8 Å². The van der Waals surface area contributed by atoms with Gasteiger partial charge >= 0.3 is 6.61 Å². The summed E-state index contributed by atoms with van der Waals surface area (Å²) in [7, 11) is 1.38. The summed E-state index contributed by atoms with van der Waals surface area (Å²) in [6.45, 7) is -0.525. The first-order valence-corrected chi connectivity index (χ1v) is 6.40. The molecule has 0 aromatic heterocycles. The van der Waals surface area contributed by atoms with Crippen LogP contribution in [-0.2, 0) is 11.3 Å². The number of methoxy groups -OCH3 is 1. The molecule has 0 heterocycles. The van der Waals surface area contributed by atoms with E-state index in [1.165, 1.54) is 13.2 Å². The first-order chi connectivity index (χ1) is 9.51. The number of benzene rings is 1. The van der Waals surface area contributed by atoms with Crippen molar-refractivity contribution in [1.29, 1.82) is 0 Å². The zero-order valence-corrected chi connectivity index (χ0v) is 11.4. The summed E-state index contributed by atoms with van der Waals surface area (Å²) in [5, 5.41) is 2.82. The van der Waals surface area contributed by atoms with Crippen molar-refractivity contribution in [3.8, 4) is 11.5 Å². The highest BCUT2D eigenvalue weighted by Crippen LogP contribution is 2.37. The van der Waals surface area contributed by atoms with Crippen LogP contribution >= 0.6 is 0 Å². The second kappa shape index (κ2) is 6.07. The number of rotatable bonds is 6. The topological polar surface area (TPSA) is 47.6 Å². The molecule has 110 valence electrons. The monoisotopic (exact) mass is 285 g/mol. The lowest BCUT2D eigenvalue weighted by Crippen LogP contribution is -2.24. The quantitative estimate of drug-likeness (QED) is 0.874. The minimum absolute atomic E-state index is 0.0200. The van der Waals surface area contributed by atoms with Crippen molar-refractivity contribution in [1.82, 2.24) is 5.32 Å². The van der Waals surface area contributed by atoms with Crippen LogP contribution in [0.15, 0.2) is 18.2 Å². The predicted octanol–water partition coefficient (Wildman–Crippen LogP) is 2.57. The Kier molecular flexibility index (Phi) is 4.42. The molecule has 20 heavy (non-hydrogen) atoms. The molecule has 1 amide bonds. The Labute approximate surface area is 116 Å². The molecule has 0 radical (unpaired) electrons. The molecule has 2 atom stereocenters. The molecule has 2 rings (SSSR count). The highest BCUT2D eigenvalue weighted by Gasteiger charge is 2.38. The second-order valence-electron chi connectivity index (χ2n) is 4.90. The average molecular weight is 285 g/mol. The normalized spacial score (nSPS) is 20.6. The number of ether oxygens (including phenoxy) is 2. The van der Waals surface area contributed by atoms with Gasteiger partial charge in [-0.25, -0.2) is 0 Å². The minimum Gasteiger partial charge on any atom is -0.493 e. The molecule has 0 aliphatic heterocycles. The van der Waals surface area contributed by atoms with E-state index in [4.69, 9.17) is 4.74 Å². The first kappa shape index (κ1) is 14.6. The van der Waals surface area contributed by atoms with E-state index in [-0.39, 0.29) is 23.3 Å². The van der Waals surface area contributed by atoms with Crippen LogP contribution in [-0.4, -0.2) is 19.6 Å². The highest BCUT2D eigenvalue weighted by atomic mass is 19.3. The van der Waals surface area contributed by atoms with Crippen LogP contribution in [0.2, 0.25) is 0 Å². The highest BCUT2D eigenvalue weighted by molar-refractivity contribution is 5.81. The third kappa shape index (κ3) is 3.59. The lowest BCUT2D eigenvalue weighted by molar-refractivity contribution is -0.122. The van der Waals surface area contributed by atoms with Crippen molar-refractivity contribution in [2.45, 2.75) is 26.5 Å². The van der Waals surface area contributed by atoms with Crippen molar-refractivity contribution < 1.29 is 23.0 Å². The maximum atomic E-state index is 12.2. The van der Waals surface area contributed by atoms with Gasteiger partial charge in [-0.3, -0.25) is 4.79 Å². The van der Waals surface area contributed by atoms with Gasteiger partial charge in [0.05, 0.1) is 7.11 Å². The Hall–Kier alpha value is -1.85. The van der Waals surface area contributed by atoms with Gasteiger partial charge in [-0.15, -0.1) is 0 Å². The molecule has 0 unspecified atom stereocenters. The van der Waals surface area contributed by atoms with Crippen molar-refractivity contribution in [3.63, 3.8) is 0 Å². The number of hydrogen-bond donors (Lipinski definition) is 1. The third-order valence-electron chi connectivity index (χ3n) is 3.36. The van der Waals surface area contributed by atoms with E-state index in [0.29, 0.717) is 12.5 Å². The van der Waals surface area contributed by atoms with E-state index in [2.05, 4.69) is 10.1 Å². The van der Waals surface area contributed by atoms with E-state index in [0.717, 1.165) is 12.0 Å². The van der Waals surface area contributed by atoms with Crippen LogP contribution in [0, 0.1) is 11.8 Å². The molecule has 1 N–H and O–H groups in total. The number of alkyl halides is 2. The molecule has 1 fully saturated rings. The van der Waals surface area contributed by atoms with E-state index in [1.807, 2.05) is 6.92 Å². The van der Waals surface area contributed by atoms with E-state index < -0.39 is 6.61 Å². The first-order valence-electron chi connectivity index (χ1n) is 6.40. The molecule has 1 aliphatic carbocycles. The summed E-state index contributed by atoms with van der Waals surface area (Å²) >= 11 is 0. The maximum absolute atomic E-state index is 12.2. The molecule has 6 heteroatoms. The fourth-order valence-electron chi connectivity index (χ4n) is 2.02. The van der Waals surface area contributed by atoms with Gasteiger partial charge in [0.1, 0.15) is 0 Å². The Bertz CT molecular complexity index is 493. The maximum Gasteiger partial charge on any atom is 0.387 e. The van der Waals surface area contributed by atoms with Crippen LogP contribution < -0.4 is 14.8 Å². The standard InChI is InChI=1S/C14H17F2NO3/c1-8-5-10(8)13(18)17-7-9-3-4-11(20-14(15)16)12(6-9)19-2/h3-4,6,8,10,14H,5,7H2,1-2H3,(H,17,18)/t8-,10+/m1/s1. The Morgan fingerprint density at radius 3 is 2.70 bits per heavy atom. The van der Waals surface area contributed by atoms with E-state index in [9.17, 15) is 13.6 Å². The number of nitrogens with one attached hydrogen (secondary N) is 1. The summed E-state index contributed by atoms with van der Waals surface area (Å²) in [4.78, 5) is 11.7. The molecule has 1 aromatic rings. The van der Waals surface area contributed by atoms with Crippen molar-refractivity contribution >= 4 is 5.91 Å². The van der Waals surface area contributed by atoms with Gasteiger partial charge in [-0.05, 0) is 30.0 Å². The molecule has 1 aromatic carbocycles. The van der Waals surface area contributed by atoms with Crippen LogP contribution in [0.25, 0.3) is 0 Å². The predicted molar refractivity (Wildman–Crippen MR) is 68.7 cm³/mol.